The Morgan fingerprint density at radius 1 is 1.12 bits per heavy atom. The lowest BCUT2D eigenvalue weighted by atomic mass is 10.1. The van der Waals surface area contributed by atoms with E-state index < -0.39 is 22.9 Å². The maximum absolute atomic E-state index is 15.4. The van der Waals surface area contributed by atoms with Gasteiger partial charge in [0.15, 0.2) is 11.6 Å². The van der Waals surface area contributed by atoms with Crippen LogP contribution in [-0.4, -0.2) is 79.9 Å². The van der Waals surface area contributed by atoms with Gasteiger partial charge in [0.1, 0.15) is 11.3 Å². The van der Waals surface area contributed by atoms with E-state index in [0.717, 1.165) is 12.5 Å². The molecule has 6 rings (SSSR count). The molecule has 0 aliphatic carbocycles. The number of carbonyl (C=O) groups excluding carboxylic acids is 2. The number of thiophene rings is 1. The molecule has 1 saturated heterocycles. The number of anilines is 1. The zero-order valence-electron chi connectivity index (χ0n) is 27.4. The van der Waals surface area contributed by atoms with Crippen LogP contribution >= 0.6 is 11.3 Å². The summed E-state index contributed by atoms with van der Waals surface area (Å²) in [6, 6.07) is 16.5. The number of amides is 2. The quantitative estimate of drug-likeness (QED) is 0.218. The molecule has 0 spiro atoms. The van der Waals surface area contributed by atoms with Gasteiger partial charge in [0, 0.05) is 43.1 Å². The molecule has 5 aromatic rings. The van der Waals surface area contributed by atoms with Gasteiger partial charge in [-0.3, -0.25) is 24.0 Å². The summed E-state index contributed by atoms with van der Waals surface area (Å²) in [6.07, 6.45) is 2.45. The van der Waals surface area contributed by atoms with Gasteiger partial charge in [0.2, 0.25) is 0 Å². The normalized spacial score (nSPS) is 15.0. The van der Waals surface area contributed by atoms with Gasteiger partial charge in [-0.2, -0.15) is 0 Å². The summed E-state index contributed by atoms with van der Waals surface area (Å²) in [7, 11) is 4.02. The van der Waals surface area contributed by atoms with Crippen LogP contribution in [0.5, 0.6) is 11.5 Å². The average molecular weight is 673 g/mol. The van der Waals surface area contributed by atoms with Crippen molar-refractivity contribution in [3.8, 4) is 17.2 Å². The minimum atomic E-state index is -1.18. The van der Waals surface area contributed by atoms with Crippen molar-refractivity contribution in [3.05, 3.63) is 99.2 Å². The van der Waals surface area contributed by atoms with Crippen LogP contribution in [0.15, 0.2) is 71.7 Å². The molecule has 11 nitrogen and oxygen atoms in total. The third kappa shape index (κ3) is 6.61. The Kier molecular flexibility index (Phi) is 8.94. The fourth-order valence-corrected chi connectivity index (χ4v) is 6.90. The Balaban J connectivity index is 1.22. The fraction of sp³-hybridized carbons (Fsp3) is 0.314. The van der Waals surface area contributed by atoms with Gasteiger partial charge in [0.25, 0.3) is 17.4 Å². The number of rotatable bonds is 9. The van der Waals surface area contributed by atoms with Crippen LogP contribution < -0.4 is 15.6 Å². The molecule has 2 N–H and O–H groups in total. The monoisotopic (exact) mass is 672 g/mol. The summed E-state index contributed by atoms with van der Waals surface area (Å²) in [5, 5.41) is 13.2. The highest BCUT2D eigenvalue weighted by molar-refractivity contribution is 7.21. The summed E-state index contributed by atoms with van der Waals surface area (Å²) < 4.78 is 24.9. The number of carbonyl (C=O) groups is 2. The van der Waals surface area contributed by atoms with E-state index >= 15 is 4.39 Å². The second kappa shape index (κ2) is 13.0. The minimum absolute atomic E-state index is 0.0499. The van der Waals surface area contributed by atoms with E-state index in [2.05, 4.69) is 15.2 Å². The first kappa shape index (κ1) is 33.1. The Bertz CT molecular complexity index is 2060. The van der Waals surface area contributed by atoms with Crippen LogP contribution in [0.2, 0.25) is 0 Å². The highest BCUT2D eigenvalue weighted by atomic mass is 32.1. The zero-order valence-corrected chi connectivity index (χ0v) is 28.2. The lowest BCUT2D eigenvalue weighted by molar-refractivity contribution is 0.0545. The van der Waals surface area contributed by atoms with Crippen LogP contribution in [0, 0.1) is 12.7 Å². The molecule has 1 aliphatic heterocycles. The van der Waals surface area contributed by atoms with E-state index in [1.165, 1.54) is 34.3 Å². The maximum atomic E-state index is 15.4. The fourth-order valence-electron chi connectivity index (χ4n) is 5.87. The number of aliphatic hydroxyl groups is 1. The molecule has 2 aromatic carbocycles. The van der Waals surface area contributed by atoms with Gasteiger partial charge in [-0.05, 0) is 71.6 Å². The topological polar surface area (TPSA) is 122 Å². The van der Waals surface area contributed by atoms with Crippen molar-refractivity contribution in [2.75, 3.05) is 32.5 Å². The number of para-hydroxylation sites is 1. The third-order valence-electron chi connectivity index (χ3n) is 8.34. The van der Waals surface area contributed by atoms with Crippen molar-refractivity contribution in [2.45, 2.75) is 45.4 Å². The van der Waals surface area contributed by atoms with Crippen LogP contribution in [0.1, 0.15) is 46.0 Å². The predicted molar refractivity (Wildman–Crippen MR) is 183 cm³/mol. The molecule has 3 aromatic heterocycles. The smallest absolute Gasteiger partial charge is 0.284 e. The van der Waals surface area contributed by atoms with Crippen LogP contribution in [-0.2, 0) is 6.54 Å². The van der Waals surface area contributed by atoms with E-state index in [9.17, 15) is 19.5 Å². The number of likely N-dealkylation sites (tertiary alicyclic amines) is 1. The second-order valence-corrected chi connectivity index (χ2v) is 13.8. The highest BCUT2D eigenvalue weighted by Crippen LogP contribution is 2.37. The number of aromatic nitrogens is 3. The van der Waals surface area contributed by atoms with Gasteiger partial charge in [0.05, 0.1) is 38.6 Å². The summed E-state index contributed by atoms with van der Waals surface area (Å²) >= 11 is 1.25. The van der Waals surface area contributed by atoms with E-state index in [-0.39, 0.29) is 29.5 Å². The second-order valence-electron chi connectivity index (χ2n) is 12.8. The van der Waals surface area contributed by atoms with Crippen molar-refractivity contribution >= 4 is 39.1 Å². The molecule has 48 heavy (non-hydrogen) atoms. The van der Waals surface area contributed by atoms with Gasteiger partial charge in [-0.15, -0.1) is 11.3 Å². The molecule has 1 atom stereocenters. The Hall–Kier alpha value is -4.85. The minimum Gasteiger partial charge on any atom is -0.453 e. The first-order valence-corrected chi connectivity index (χ1v) is 16.4. The lowest BCUT2D eigenvalue weighted by Crippen LogP contribution is -2.34. The van der Waals surface area contributed by atoms with E-state index in [0.29, 0.717) is 51.4 Å². The van der Waals surface area contributed by atoms with Crippen LogP contribution in [0.3, 0.4) is 0 Å². The molecule has 250 valence electrons. The molecular formula is C35H37FN6O5S. The Morgan fingerprint density at radius 2 is 1.88 bits per heavy atom. The summed E-state index contributed by atoms with van der Waals surface area (Å²) in [5.74, 6) is -1.27. The van der Waals surface area contributed by atoms with Gasteiger partial charge < -0.3 is 25.0 Å². The van der Waals surface area contributed by atoms with Crippen LogP contribution in [0.25, 0.3) is 15.9 Å². The van der Waals surface area contributed by atoms with Crippen molar-refractivity contribution in [2.24, 2.45) is 0 Å². The zero-order chi connectivity index (χ0) is 34.3. The molecular weight excluding hydrogens is 635 g/mol. The molecule has 4 heterocycles. The number of hydrogen-bond donors (Lipinski definition) is 2. The molecule has 1 unspecified atom stereocenters. The predicted octanol–water partition coefficient (Wildman–Crippen LogP) is 5.29. The van der Waals surface area contributed by atoms with Crippen molar-refractivity contribution in [1.29, 1.82) is 0 Å². The third-order valence-corrected chi connectivity index (χ3v) is 9.47. The first-order valence-electron chi connectivity index (χ1n) is 15.5. The summed E-state index contributed by atoms with van der Waals surface area (Å²) in [6.45, 7) is 6.23. The number of halogens is 1. The lowest BCUT2D eigenvalue weighted by Gasteiger charge is -2.22. The largest absolute Gasteiger partial charge is 0.453 e. The van der Waals surface area contributed by atoms with Crippen molar-refractivity contribution in [1.82, 2.24) is 24.1 Å². The van der Waals surface area contributed by atoms with E-state index in [1.807, 2.05) is 25.1 Å². The van der Waals surface area contributed by atoms with Gasteiger partial charge in [-0.1, -0.05) is 18.2 Å². The summed E-state index contributed by atoms with van der Waals surface area (Å²) in [4.78, 5) is 49.2. The molecule has 0 saturated carbocycles. The Labute approximate surface area is 280 Å². The molecule has 2 amide bonds. The molecule has 0 bridgehead atoms. The van der Waals surface area contributed by atoms with Gasteiger partial charge in [-0.25, -0.2) is 9.07 Å². The van der Waals surface area contributed by atoms with E-state index in [4.69, 9.17) is 4.74 Å². The number of ether oxygens (including phenoxy) is 1. The molecule has 0 radical (unpaired) electrons. The number of likely N-dealkylation sites (N-methyl/N-ethyl adjacent to an activating group) is 1. The standard InChI is InChI=1S/C35H37FN6O5S/c1-21-30(34(45)42(23-9-7-6-8-10-23)41(21)20-35(2,3)46)32(43)38-22-11-12-27(25(36)17-22)47-28-13-15-37-26-18-29(48-31(26)28)33(44)40-16-14-24(19-40)39(4)5/h6-13,15,17-18,24,46H,14,16,19-20H2,1-5H3,(H,38,43). The van der Waals surface area contributed by atoms with Crippen molar-refractivity contribution in [3.63, 3.8) is 0 Å². The SMILES string of the molecule is Cc1c(C(=O)Nc2ccc(Oc3ccnc4cc(C(=O)N5CCC(N(C)C)C5)sc34)c(F)c2)c(=O)n(-c2ccccc2)n1CC(C)(C)O. The molecule has 13 heteroatoms. The number of nitrogens with zero attached hydrogens (tertiary/aromatic N) is 5. The summed E-state index contributed by atoms with van der Waals surface area (Å²) in [5.41, 5.74) is -0.304. The average Bonchev–Trinajstić information content (AvgIpc) is 3.75. The maximum Gasteiger partial charge on any atom is 0.284 e. The van der Waals surface area contributed by atoms with Crippen molar-refractivity contribution < 1.29 is 23.8 Å². The number of hydrogen-bond acceptors (Lipinski definition) is 8. The Morgan fingerprint density at radius 3 is 2.54 bits per heavy atom. The molecule has 1 fully saturated rings. The van der Waals surface area contributed by atoms with E-state index in [1.54, 1.807) is 61.9 Å². The van der Waals surface area contributed by atoms with Crippen LogP contribution in [0.4, 0.5) is 10.1 Å². The molecule has 1 aliphatic rings. The number of benzene rings is 2. The first-order chi connectivity index (χ1) is 22.8. The number of pyridine rings is 1. The highest BCUT2D eigenvalue weighted by Gasteiger charge is 2.30. The number of nitrogens with one attached hydrogen (secondary N) is 1. The number of fused-ring (bicyclic) bond motifs is 1. The van der Waals surface area contributed by atoms with Gasteiger partial charge >= 0.3 is 0 Å².